The Balaban J connectivity index is 1.57. The highest BCUT2D eigenvalue weighted by Gasteiger charge is 2.28. The number of nitrogens with zero attached hydrogens (tertiary/aromatic N) is 2. The molecule has 2 saturated heterocycles. The number of hydrogen-bond acceptors (Lipinski definition) is 6. The van der Waals surface area contributed by atoms with Crippen LogP contribution in [0.3, 0.4) is 0 Å². The molecule has 0 aromatic heterocycles. The standard InChI is InChI=1S/C21H25N3O6S2/c1-30-20-11-10-18(15-19(20)24-14-4-5-21(24)25)31(26,27)22-16-6-8-17(9-7-16)32(28,29)23-12-2-3-13-23/h6-11,15,22H,2-5,12-14H2,1H3. The van der Waals surface area contributed by atoms with Crippen molar-refractivity contribution in [2.45, 2.75) is 35.5 Å². The third kappa shape index (κ3) is 4.32. The first-order valence-corrected chi connectivity index (χ1v) is 13.3. The van der Waals surface area contributed by atoms with E-state index in [1.165, 1.54) is 58.8 Å². The third-order valence-electron chi connectivity index (χ3n) is 5.63. The zero-order valence-electron chi connectivity index (χ0n) is 17.7. The van der Waals surface area contributed by atoms with Crippen molar-refractivity contribution in [2.75, 3.05) is 36.4 Å². The summed E-state index contributed by atoms with van der Waals surface area (Å²) in [4.78, 5) is 13.8. The Morgan fingerprint density at radius 1 is 0.875 bits per heavy atom. The van der Waals surface area contributed by atoms with Crippen molar-refractivity contribution < 1.29 is 26.4 Å². The number of amides is 1. The first-order valence-electron chi connectivity index (χ1n) is 10.3. The van der Waals surface area contributed by atoms with Gasteiger partial charge in [-0.25, -0.2) is 16.8 Å². The lowest BCUT2D eigenvalue weighted by molar-refractivity contribution is -0.117. The van der Waals surface area contributed by atoms with Crippen molar-refractivity contribution in [3.8, 4) is 5.75 Å². The number of benzene rings is 2. The smallest absolute Gasteiger partial charge is 0.261 e. The Morgan fingerprint density at radius 3 is 2.12 bits per heavy atom. The van der Waals surface area contributed by atoms with Crippen molar-refractivity contribution in [1.82, 2.24) is 4.31 Å². The maximum absolute atomic E-state index is 13.0. The second kappa shape index (κ2) is 8.72. The molecule has 4 rings (SSSR count). The topological polar surface area (TPSA) is 113 Å². The van der Waals surface area contributed by atoms with E-state index in [4.69, 9.17) is 4.74 Å². The number of rotatable bonds is 7. The van der Waals surface area contributed by atoms with E-state index in [0.717, 1.165) is 12.8 Å². The van der Waals surface area contributed by atoms with Gasteiger partial charge in [0.25, 0.3) is 10.0 Å². The molecule has 0 radical (unpaired) electrons. The van der Waals surface area contributed by atoms with Crippen LogP contribution in [0.15, 0.2) is 52.3 Å². The van der Waals surface area contributed by atoms with E-state index in [0.29, 0.717) is 43.9 Å². The van der Waals surface area contributed by atoms with Gasteiger partial charge in [0, 0.05) is 31.7 Å². The van der Waals surface area contributed by atoms with Crippen molar-refractivity contribution in [3.05, 3.63) is 42.5 Å². The quantitative estimate of drug-likeness (QED) is 0.653. The first kappa shape index (κ1) is 22.6. The lowest BCUT2D eigenvalue weighted by atomic mass is 10.2. The molecule has 0 spiro atoms. The molecular formula is C21H25N3O6S2. The lowest BCUT2D eigenvalue weighted by Gasteiger charge is -2.20. The van der Waals surface area contributed by atoms with E-state index in [2.05, 4.69) is 4.72 Å². The maximum atomic E-state index is 13.0. The van der Waals surface area contributed by atoms with Gasteiger partial charge in [-0.15, -0.1) is 0 Å². The van der Waals surface area contributed by atoms with Crippen LogP contribution < -0.4 is 14.4 Å². The summed E-state index contributed by atoms with van der Waals surface area (Å²) in [7, 11) is -6.09. The van der Waals surface area contributed by atoms with Crippen LogP contribution >= 0.6 is 0 Å². The van der Waals surface area contributed by atoms with Gasteiger partial charge in [-0.2, -0.15) is 4.31 Å². The molecule has 0 unspecified atom stereocenters. The van der Waals surface area contributed by atoms with Gasteiger partial charge in [-0.3, -0.25) is 9.52 Å². The molecule has 2 aromatic rings. The molecule has 0 atom stereocenters. The van der Waals surface area contributed by atoms with Crippen molar-refractivity contribution in [3.63, 3.8) is 0 Å². The zero-order valence-corrected chi connectivity index (χ0v) is 19.3. The summed E-state index contributed by atoms with van der Waals surface area (Å²) in [5.74, 6) is 0.330. The highest BCUT2D eigenvalue weighted by molar-refractivity contribution is 7.92. The molecule has 2 aliphatic heterocycles. The minimum absolute atomic E-state index is 0.0261. The molecule has 0 aliphatic carbocycles. The van der Waals surface area contributed by atoms with E-state index in [-0.39, 0.29) is 21.4 Å². The molecule has 2 heterocycles. The predicted octanol–water partition coefficient (Wildman–Crippen LogP) is 2.41. The van der Waals surface area contributed by atoms with Crippen LogP contribution in [0.2, 0.25) is 0 Å². The van der Waals surface area contributed by atoms with Crippen molar-refractivity contribution in [2.24, 2.45) is 0 Å². The number of nitrogens with one attached hydrogen (secondary N) is 1. The third-order valence-corrected chi connectivity index (χ3v) is 8.93. The number of anilines is 2. The Morgan fingerprint density at radius 2 is 1.53 bits per heavy atom. The molecule has 1 N–H and O–H groups in total. The fraction of sp³-hybridized carbons (Fsp3) is 0.381. The monoisotopic (exact) mass is 479 g/mol. The molecule has 9 nitrogen and oxygen atoms in total. The lowest BCUT2D eigenvalue weighted by Crippen LogP contribution is -2.27. The van der Waals surface area contributed by atoms with Gasteiger partial charge in [0.1, 0.15) is 5.75 Å². The van der Waals surface area contributed by atoms with E-state index < -0.39 is 20.0 Å². The fourth-order valence-electron chi connectivity index (χ4n) is 3.94. The Hall–Kier alpha value is -2.63. The Kier molecular flexibility index (Phi) is 6.15. The van der Waals surface area contributed by atoms with Crippen LogP contribution in [0.4, 0.5) is 11.4 Å². The number of ether oxygens (including phenoxy) is 1. The molecule has 0 bridgehead atoms. The van der Waals surface area contributed by atoms with Crippen LogP contribution in [0.25, 0.3) is 0 Å². The summed E-state index contributed by atoms with van der Waals surface area (Å²) < 4.78 is 60.4. The number of methoxy groups -OCH3 is 1. The second-order valence-electron chi connectivity index (χ2n) is 7.72. The van der Waals surface area contributed by atoms with Gasteiger partial charge in [-0.1, -0.05) is 0 Å². The number of hydrogen-bond donors (Lipinski definition) is 1. The average molecular weight is 480 g/mol. The minimum Gasteiger partial charge on any atom is -0.495 e. The molecule has 11 heteroatoms. The van der Waals surface area contributed by atoms with Gasteiger partial charge in [0.2, 0.25) is 15.9 Å². The zero-order chi connectivity index (χ0) is 22.9. The van der Waals surface area contributed by atoms with Gasteiger partial charge >= 0.3 is 0 Å². The van der Waals surface area contributed by atoms with Crippen LogP contribution in [0.1, 0.15) is 25.7 Å². The van der Waals surface area contributed by atoms with Crippen molar-refractivity contribution in [1.29, 1.82) is 0 Å². The normalized spacial score (nSPS) is 17.7. The van der Waals surface area contributed by atoms with Crippen molar-refractivity contribution >= 4 is 37.3 Å². The average Bonchev–Trinajstić information content (AvgIpc) is 3.46. The van der Waals surface area contributed by atoms with E-state index in [1.54, 1.807) is 0 Å². The Labute approximate surface area is 188 Å². The second-order valence-corrected chi connectivity index (χ2v) is 11.3. The summed E-state index contributed by atoms with van der Waals surface area (Å²) in [5, 5.41) is 0. The van der Waals surface area contributed by atoms with E-state index >= 15 is 0 Å². The Bertz CT molecular complexity index is 1220. The molecule has 1 amide bonds. The first-order chi connectivity index (χ1) is 15.2. The van der Waals surface area contributed by atoms with E-state index in [1.807, 2.05) is 0 Å². The molecule has 2 aromatic carbocycles. The van der Waals surface area contributed by atoms with E-state index in [9.17, 15) is 21.6 Å². The summed E-state index contributed by atoms with van der Waals surface area (Å²) in [6, 6.07) is 9.97. The maximum Gasteiger partial charge on any atom is 0.261 e. The van der Waals surface area contributed by atoms with Crippen LogP contribution in [-0.4, -0.2) is 53.8 Å². The van der Waals surface area contributed by atoms with Gasteiger partial charge in [-0.05, 0) is 61.7 Å². The molecule has 2 aliphatic rings. The number of carbonyl (C=O) groups excluding carboxylic acids is 1. The molecule has 172 valence electrons. The molecule has 2 fully saturated rings. The number of carbonyl (C=O) groups is 1. The summed E-state index contributed by atoms with van der Waals surface area (Å²) in [6.45, 7) is 1.49. The van der Waals surface area contributed by atoms with Crippen LogP contribution in [-0.2, 0) is 24.8 Å². The molecule has 32 heavy (non-hydrogen) atoms. The number of sulfonamides is 2. The predicted molar refractivity (Wildman–Crippen MR) is 120 cm³/mol. The van der Waals surface area contributed by atoms with Gasteiger partial charge in [0.15, 0.2) is 0 Å². The summed E-state index contributed by atoms with van der Waals surface area (Å²) >= 11 is 0. The molecule has 0 saturated carbocycles. The largest absolute Gasteiger partial charge is 0.495 e. The minimum atomic E-state index is -3.98. The molecular weight excluding hydrogens is 454 g/mol. The SMILES string of the molecule is COc1ccc(S(=O)(=O)Nc2ccc(S(=O)(=O)N3CCCC3)cc2)cc1N1CCCC1=O. The fourth-order valence-corrected chi connectivity index (χ4v) is 6.53. The highest BCUT2D eigenvalue weighted by atomic mass is 32.2. The van der Waals surface area contributed by atoms with Crippen LogP contribution in [0.5, 0.6) is 5.75 Å². The van der Waals surface area contributed by atoms with Gasteiger partial charge < -0.3 is 9.64 Å². The van der Waals surface area contributed by atoms with Crippen LogP contribution in [0, 0.1) is 0 Å². The van der Waals surface area contributed by atoms with Gasteiger partial charge in [0.05, 0.1) is 22.6 Å². The summed E-state index contributed by atoms with van der Waals surface area (Å²) in [6.07, 6.45) is 2.78. The highest BCUT2D eigenvalue weighted by Crippen LogP contribution is 2.34. The summed E-state index contributed by atoms with van der Waals surface area (Å²) in [5.41, 5.74) is 0.643.